The van der Waals surface area contributed by atoms with Gasteiger partial charge in [0.2, 0.25) is 5.91 Å². The highest BCUT2D eigenvalue weighted by Crippen LogP contribution is 2.30. The number of aromatic amines is 1. The van der Waals surface area contributed by atoms with Crippen molar-refractivity contribution in [1.82, 2.24) is 20.4 Å². The molecule has 1 atom stereocenters. The maximum Gasteiger partial charge on any atom is 0.255 e. The van der Waals surface area contributed by atoms with Crippen LogP contribution in [0.4, 0.5) is 5.69 Å². The molecule has 27 heavy (non-hydrogen) atoms. The van der Waals surface area contributed by atoms with E-state index in [-0.39, 0.29) is 23.8 Å². The smallest absolute Gasteiger partial charge is 0.255 e. The minimum Gasteiger partial charge on any atom is -0.353 e. The van der Waals surface area contributed by atoms with Crippen molar-refractivity contribution in [1.29, 1.82) is 0 Å². The van der Waals surface area contributed by atoms with E-state index < -0.39 is 0 Å². The number of nitrogens with one attached hydrogen (secondary N) is 3. The van der Waals surface area contributed by atoms with Crippen molar-refractivity contribution in [2.75, 3.05) is 25.0 Å². The lowest BCUT2D eigenvalue weighted by molar-refractivity contribution is -0.123. The second-order valence-corrected chi connectivity index (χ2v) is 7.31. The molecule has 3 rings (SSSR count). The first-order valence-electron chi connectivity index (χ1n) is 9.44. The van der Waals surface area contributed by atoms with Gasteiger partial charge in [0, 0.05) is 24.1 Å². The molecule has 1 aromatic heterocycles. The largest absolute Gasteiger partial charge is 0.353 e. The highest BCUT2D eigenvalue weighted by atomic mass is 16.2. The summed E-state index contributed by atoms with van der Waals surface area (Å²) in [5.41, 5.74) is 2.25. The highest BCUT2D eigenvalue weighted by molar-refractivity contribution is 6.04. The fourth-order valence-electron chi connectivity index (χ4n) is 3.50. The zero-order valence-corrected chi connectivity index (χ0v) is 15.9. The van der Waals surface area contributed by atoms with Gasteiger partial charge in [0.15, 0.2) is 0 Å². The van der Waals surface area contributed by atoms with Crippen LogP contribution in [0.15, 0.2) is 36.5 Å². The number of H-pyrrole nitrogens is 1. The van der Waals surface area contributed by atoms with Gasteiger partial charge in [-0.25, -0.2) is 0 Å². The summed E-state index contributed by atoms with van der Waals surface area (Å²) in [4.78, 5) is 26.7. The molecule has 2 heterocycles. The molecular weight excluding hydrogens is 342 g/mol. The first-order chi connectivity index (χ1) is 13.0. The lowest BCUT2D eigenvalue weighted by atomic mass is 9.94. The number of rotatable bonds is 6. The molecule has 7 heteroatoms. The van der Waals surface area contributed by atoms with E-state index in [1.54, 1.807) is 18.3 Å². The summed E-state index contributed by atoms with van der Waals surface area (Å²) < 4.78 is 0. The van der Waals surface area contributed by atoms with Crippen molar-refractivity contribution < 1.29 is 9.59 Å². The van der Waals surface area contributed by atoms with Crippen LogP contribution in [-0.4, -0.2) is 52.6 Å². The van der Waals surface area contributed by atoms with Crippen LogP contribution >= 0.6 is 0 Å². The maximum absolute atomic E-state index is 12.4. The molecule has 0 aliphatic carbocycles. The number of anilines is 1. The molecule has 3 N–H and O–H groups in total. The molecule has 0 saturated carbocycles. The van der Waals surface area contributed by atoms with E-state index in [1.165, 1.54) is 0 Å². The average molecular weight is 369 g/mol. The van der Waals surface area contributed by atoms with Gasteiger partial charge in [-0.05, 0) is 45.4 Å². The SMILES string of the molecule is CC(C)NC(=O)CN1CCC[C@@H](c2[nH]ncc2NC(=O)c2ccccc2)C1. The summed E-state index contributed by atoms with van der Waals surface area (Å²) in [6, 6.07) is 9.27. The molecule has 0 bridgehead atoms. The Balaban J connectivity index is 1.64. The number of hydrogen-bond acceptors (Lipinski definition) is 4. The number of carbonyl (C=O) groups excluding carboxylic acids is 2. The van der Waals surface area contributed by atoms with Gasteiger partial charge in [0.1, 0.15) is 0 Å². The summed E-state index contributed by atoms with van der Waals surface area (Å²) in [5.74, 6) is 0.106. The first-order valence-corrected chi connectivity index (χ1v) is 9.44. The van der Waals surface area contributed by atoms with Crippen molar-refractivity contribution in [2.45, 2.75) is 38.6 Å². The zero-order valence-electron chi connectivity index (χ0n) is 15.9. The van der Waals surface area contributed by atoms with Gasteiger partial charge in [0.25, 0.3) is 5.91 Å². The Morgan fingerprint density at radius 1 is 1.30 bits per heavy atom. The Labute approximate surface area is 159 Å². The van der Waals surface area contributed by atoms with Crippen molar-refractivity contribution >= 4 is 17.5 Å². The number of likely N-dealkylation sites (tertiary alicyclic amines) is 1. The Bertz CT molecular complexity index is 772. The summed E-state index contributed by atoms with van der Waals surface area (Å²) in [6.07, 6.45) is 3.66. The molecule has 0 unspecified atom stereocenters. The summed E-state index contributed by atoms with van der Waals surface area (Å²) in [5, 5.41) is 13.1. The topological polar surface area (TPSA) is 90.1 Å². The first kappa shape index (κ1) is 19.1. The fraction of sp³-hybridized carbons (Fsp3) is 0.450. The van der Waals surface area contributed by atoms with Crippen LogP contribution in [0.25, 0.3) is 0 Å². The lowest BCUT2D eigenvalue weighted by Crippen LogP contribution is -2.43. The van der Waals surface area contributed by atoms with Gasteiger partial charge in [-0.1, -0.05) is 18.2 Å². The van der Waals surface area contributed by atoms with E-state index in [0.717, 1.165) is 31.6 Å². The number of piperidine rings is 1. The molecule has 1 aliphatic rings. The van der Waals surface area contributed by atoms with Gasteiger partial charge in [-0.2, -0.15) is 5.10 Å². The predicted molar refractivity (Wildman–Crippen MR) is 105 cm³/mol. The standard InChI is InChI=1S/C20H27N5O2/c1-14(2)22-18(26)13-25-10-6-9-16(12-25)19-17(11-21-24-19)23-20(27)15-7-4-3-5-8-15/h3-5,7-8,11,14,16H,6,9-10,12-13H2,1-2H3,(H,21,24)(H,22,26)(H,23,27)/t16-/m1/s1. The normalized spacial score (nSPS) is 17.7. The number of hydrogen-bond donors (Lipinski definition) is 3. The average Bonchev–Trinajstić information content (AvgIpc) is 3.10. The quantitative estimate of drug-likeness (QED) is 0.729. The van der Waals surface area contributed by atoms with Crippen molar-refractivity contribution in [3.8, 4) is 0 Å². The molecule has 1 fully saturated rings. The minimum atomic E-state index is -0.151. The summed E-state index contributed by atoms with van der Waals surface area (Å²) in [6.45, 7) is 5.99. The summed E-state index contributed by atoms with van der Waals surface area (Å²) in [7, 11) is 0. The predicted octanol–water partition coefficient (Wildman–Crippen LogP) is 2.37. The van der Waals surface area contributed by atoms with Crippen LogP contribution in [0.1, 0.15) is 48.7 Å². The molecule has 7 nitrogen and oxygen atoms in total. The van der Waals surface area contributed by atoms with Crippen molar-refractivity contribution in [2.24, 2.45) is 0 Å². The third-order valence-electron chi connectivity index (χ3n) is 4.68. The Morgan fingerprint density at radius 2 is 2.07 bits per heavy atom. The zero-order chi connectivity index (χ0) is 19.2. The van der Waals surface area contributed by atoms with Gasteiger partial charge >= 0.3 is 0 Å². The van der Waals surface area contributed by atoms with Crippen LogP contribution in [0.5, 0.6) is 0 Å². The molecule has 2 amide bonds. The maximum atomic E-state index is 12.4. The highest BCUT2D eigenvalue weighted by Gasteiger charge is 2.26. The Kier molecular flexibility index (Phi) is 6.24. The second-order valence-electron chi connectivity index (χ2n) is 7.31. The molecule has 0 spiro atoms. The number of aromatic nitrogens is 2. The third kappa shape index (κ3) is 5.17. The second kappa shape index (κ2) is 8.81. The van der Waals surface area contributed by atoms with Crippen molar-refractivity contribution in [3.63, 3.8) is 0 Å². The molecule has 0 radical (unpaired) electrons. The number of amides is 2. The third-order valence-corrected chi connectivity index (χ3v) is 4.68. The van der Waals surface area contributed by atoms with Crippen LogP contribution in [0.2, 0.25) is 0 Å². The minimum absolute atomic E-state index is 0.0489. The van der Waals surface area contributed by atoms with Gasteiger partial charge in [0.05, 0.1) is 24.1 Å². The molecule has 1 saturated heterocycles. The van der Waals surface area contributed by atoms with Gasteiger partial charge in [-0.3, -0.25) is 19.6 Å². The Morgan fingerprint density at radius 3 is 2.81 bits per heavy atom. The number of carbonyl (C=O) groups is 2. The van der Waals surface area contributed by atoms with Gasteiger partial charge in [-0.15, -0.1) is 0 Å². The molecular formula is C20H27N5O2. The number of benzene rings is 1. The van der Waals surface area contributed by atoms with Crippen LogP contribution in [0.3, 0.4) is 0 Å². The van der Waals surface area contributed by atoms with E-state index in [9.17, 15) is 9.59 Å². The molecule has 2 aromatic rings. The molecule has 1 aromatic carbocycles. The molecule has 1 aliphatic heterocycles. The van der Waals surface area contributed by atoms with Crippen molar-refractivity contribution in [3.05, 3.63) is 47.8 Å². The monoisotopic (exact) mass is 369 g/mol. The van der Waals surface area contributed by atoms with Crippen LogP contribution in [0, 0.1) is 0 Å². The van der Waals surface area contributed by atoms with Crippen LogP contribution in [-0.2, 0) is 4.79 Å². The van der Waals surface area contributed by atoms with E-state index in [2.05, 4.69) is 25.7 Å². The Hall–Kier alpha value is -2.67. The number of nitrogens with zero attached hydrogens (tertiary/aromatic N) is 2. The van der Waals surface area contributed by atoms with Crippen LogP contribution < -0.4 is 10.6 Å². The van der Waals surface area contributed by atoms with E-state index in [4.69, 9.17) is 0 Å². The fourth-order valence-corrected chi connectivity index (χ4v) is 3.50. The molecule has 144 valence electrons. The van der Waals surface area contributed by atoms with E-state index in [1.807, 2.05) is 32.0 Å². The van der Waals surface area contributed by atoms with Gasteiger partial charge < -0.3 is 10.6 Å². The lowest BCUT2D eigenvalue weighted by Gasteiger charge is -2.32. The van der Waals surface area contributed by atoms with E-state index >= 15 is 0 Å². The summed E-state index contributed by atoms with van der Waals surface area (Å²) >= 11 is 0. The van der Waals surface area contributed by atoms with E-state index in [0.29, 0.717) is 17.8 Å².